The van der Waals surface area contributed by atoms with Crippen molar-refractivity contribution in [1.82, 2.24) is 0 Å². The van der Waals surface area contributed by atoms with E-state index < -0.39 is 0 Å². The Hall–Kier alpha value is -1.48. The smallest absolute Gasteiger partial charge is 0.0457 e. The fraction of sp³-hybridized carbons (Fsp3) is 0.200. The molecule has 2 nitrogen and oxygen atoms in total. The van der Waals surface area contributed by atoms with E-state index in [2.05, 4.69) is 68.6 Å². The number of hydrogen-bond acceptors (Lipinski definition) is 2. The lowest BCUT2D eigenvalue weighted by Crippen LogP contribution is -2.14. The normalized spacial score (nSPS) is 13.6. The van der Waals surface area contributed by atoms with Crippen LogP contribution >= 0.6 is 15.9 Å². The maximum Gasteiger partial charge on any atom is 0.0457 e. The summed E-state index contributed by atoms with van der Waals surface area (Å²) >= 11 is 3.53. The lowest BCUT2D eigenvalue weighted by Gasteiger charge is -2.18. The van der Waals surface area contributed by atoms with Crippen LogP contribution in [-0.2, 0) is 13.1 Å². The summed E-state index contributed by atoms with van der Waals surface area (Å²) in [7, 11) is 1.98. The van der Waals surface area contributed by atoms with Gasteiger partial charge in [-0.3, -0.25) is 0 Å². The zero-order chi connectivity index (χ0) is 12.5. The van der Waals surface area contributed by atoms with Gasteiger partial charge in [0.1, 0.15) is 0 Å². The minimum absolute atomic E-state index is 0.975. The maximum atomic E-state index is 3.53. The first-order valence-corrected chi connectivity index (χ1v) is 6.86. The number of fused-ring (bicyclic) bond motifs is 1. The Labute approximate surface area is 116 Å². The molecule has 1 aliphatic rings. The summed E-state index contributed by atoms with van der Waals surface area (Å²) in [6, 6.07) is 15.0. The van der Waals surface area contributed by atoms with E-state index in [4.69, 9.17) is 0 Å². The second-order valence-electron chi connectivity index (χ2n) is 4.53. The molecule has 0 radical (unpaired) electrons. The predicted octanol–water partition coefficient (Wildman–Crippen LogP) is 4.01. The van der Waals surface area contributed by atoms with E-state index in [0.29, 0.717) is 0 Å². The Morgan fingerprint density at radius 1 is 1.11 bits per heavy atom. The van der Waals surface area contributed by atoms with Gasteiger partial charge >= 0.3 is 0 Å². The van der Waals surface area contributed by atoms with Crippen molar-refractivity contribution >= 4 is 27.3 Å². The van der Waals surface area contributed by atoms with Crippen LogP contribution in [0.2, 0.25) is 0 Å². The summed E-state index contributed by atoms with van der Waals surface area (Å²) in [4.78, 5) is 2.40. The molecule has 3 rings (SSSR count). The van der Waals surface area contributed by atoms with Crippen LogP contribution in [0, 0.1) is 0 Å². The Balaban J connectivity index is 1.93. The lowest BCUT2D eigenvalue weighted by atomic mass is 10.1. The first-order chi connectivity index (χ1) is 8.78. The third kappa shape index (κ3) is 1.99. The van der Waals surface area contributed by atoms with Gasteiger partial charge < -0.3 is 10.2 Å². The van der Waals surface area contributed by atoms with Gasteiger partial charge in [-0.05, 0) is 35.4 Å². The SMILES string of the molecule is CNc1cccc2c1CN(c1cccc(Br)c1)C2. The molecule has 2 aromatic carbocycles. The summed E-state index contributed by atoms with van der Waals surface area (Å²) in [6.07, 6.45) is 0. The van der Waals surface area contributed by atoms with Crippen molar-refractivity contribution in [2.45, 2.75) is 13.1 Å². The molecular formula is C15H15BrN2. The van der Waals surface area contributed by atoms with Crippen molar-refractivity contribution in [3.8, 4) is 0 Å². The van der Waals surface area contributed by atoms with E-state index in [-0.39, 0.29) is 0 Å². The number of nitrogens with one attached hydrogen (secondary N) is 1. The Morgan fingerprint density at radius 2 is 1.94 bits per heavy atom. The van der Waals surface area contributed by atoms with E-state index in [0.717, 1.165) is 17.6 Å². The Bertz CT molecular complexity index is 580. The number of anilines is 2. The molecule has 0 atom stereocenters. The minimum atomic E-state index is 0.975. The molecule has 1 heterocycles. The van der Waals surface area contributed by atoms with Crippen molar-refractivity contribution in [2.24, 2.45) is 0 Å². The molecule has 0 aliphatic carbocycles. The van der Waals surface area contributed by atoms with Crippen LogP contribution in [-0.4, -0.2) is 7.05 Å². The zero-order valence-electron chi connectivity index (χ0n) is 10.3. The number of hydrogen-bond donors (Lipinski definition) is 1. The summed E-state index contributed by atoms with van der Waals surface area (Å²) in [5.74, 6) is 0. The minimum Gasteiger partial charge on any atom is -0.388 e. The third-order valence-electron chi connectivity index (χ3n) is 3.43. The molecule has 3 heteroatoms. The van der Waals surface area contributed by atoms with Gasteiger partial charge in [-0.1, -0.05) is 34.1 Å². The average Bonchev–Trinajstić information content (AvgIpc) is 2.82. The van der Waals surface area contributed by atoms with Gasteiger partial charge in [0.15, 0.2) is 0 Å². The fourth-order valence-electron chi connectivity index (χ4n) is 2.51. The molecule has 0 saturated carbocycles. The molecule has 0 unspecified atom stereocenters. The molecule has 1 aliphatic heterocycles. The first kappa shape index (κ1) is 11.6. The van der Waals surface area contributed by atoms with Crippen molar-refractivity contribution in [3.05, 3.63) is 58.1 Å². The Morgan fingerprint density at radius 3 is 2.72 bits per heavy atom. The van der Waals surface area contributed by atoms with Crippen LogP contribution in [0.25, 0.3) is 0 Å². The van der Waals surface area contributed by atoms with Crippen LogP contribution in [0.3, 0.4) is 0 Å². The molecule has 0 aromatic heterocycles. The molecule has 2 aromatic rings. The Kier molecular flexibility index (Phi) is 3.00. The lowest BCUT2D eigenvalue weighted by molar-refractivity contribution is 0.880. The van der Waals surface area contributed by atoms with E-state index in [1.54, 1.807) is 0 Å². The van der Waals surface area contributed by atoms with Crippen molar-refractivity contribution < 1.29 is 0 Å². The molecule has 0 amide bonds. The van der Waals surface area contributed by atoms with E-state index in [9.17, 15) is 0 Å². The van der Waals surface area contributed by atoms with Gasteiger partial charge in [-0.25, -0.2) is 0 Å². The van der Waals surface area contributed by atoms with Gasteiger partial charge in [0.2, 0.25) is 0 Å². The zero-order valence-corrected chi connectivity index (χ0v) is 11.9. The van der Waals surface area contributed by atoms with Crippen LogP contribution in [0.4, 0.5) is 11.4 Å². The van der Waals surface area contributed by atoms with Gasteiger partial charge in [-0.2, -0.15) is 0 Å². The van der Waals surface area contributed by atoms with Crippen LogP contribution < -0.4 is 10.2 Å². The summed E-state index contributed by atoms with van der Waals surface area (Å²) in [5.41, 5.74) is 5.34. The van der Waals surface area contributed by atoms with Gasteiger partial charge in [-0.15, -0.1) is 0 Å². The standard InChI is InChI=1S/C15H15BrN2/c1-17-15-7-2-4-11-9-18(10-14(11)15)13-6-3-5-12(16)8-13/h2-8,17H,9-10H2,1H3. The maximum absolute atomic E-state index is 3.53. The second kappa shape index (κ2) is 4.65. The highest BCUT2D eigenvalue weighted by molar-refractivity contribution is 9.10. The van der Waals surface area contributed by atoms with E-state index in [1.165, 1.54) is 22.5 Å². The highest BCUT2D eigenvalue weighted by Gasteiger charge is 2.21. The molecular weight excluding hydrogens is 288 g/mol. The second-order valence-corrected chi connectivity index (χ2v) is 5.44. The molecule has 0 bridgehead atoms. The highest BCUT2D eigenvalue weighted by Crippen LogP contribution is 2.33. The summed E-state index contributed by atoms with van der Waals surface area (Å²) in [5, 5.41) is 3.27. The number of benzene rings is 2. The van der Waals surface area contributed by atoms with Gasteiger partial charge in [0.05, 0.1) is 0 Å². The van der Waals surface area contributed by atoms with Crippen molar-refractivity contribution in [2.75, 3.05) is 17.3 Å². The number of nitrogens with zero attached hydrogens (tertiary/aromatic N) is 1. The molecule has 18 heavy (non-hydrogen) atoms. The molecule has 1 N–H and O–H groups in total. The van der Waals surface area contributed by atoms with Crippen LogP contribution in [0.5, 0.6) is 0 Å². The first-order valence-electron chi connectivity index (χ1n) is 6.07. The van der Waals surface area contributed by atoms with Crippen LogP contribution in [0.1, 0.15) is 11.1 Å². The molecule has 92 valence electrons. The monoisotopic (exact) mass is 302 g/mol. The molecule has 0 spiro atoms. The number of rotatable bonds is 2. The predicted molar refractivity (Wildman–Crippen MR) is 80.0 cm³/mol. The third-order valence-corrected chi connectivity index (χ3v) is 3.92. The van der Waals surface area contributed by atoms with Crippen molar-refractivity contribution in [3.63, 3.8) is 0 Å². The van der Waals surface area contributed by atoms with Gasteiger partial charge in [0.25, 0.3) is 0 Å². The largest absolute Gasteiger partial charge is 0.388 e. The van der Waals surface area contributed by atoms with E-state index in [1.807, 2.05) is 7.05 Å². The van der Waals surface area contributed by atoms with Crippen molar-refractivity contribution in [1.29, 1.82) is 0 Å². The fourth-order valence-corrected chi connectivity index (χ4v) is 2.90. The quantitative estimate of drug-likeness (QED) is 0.901. The molecule has 0 fully saturated rings. The average molecular weight is 303 g/mol. The van der Waals surface area contributed by atoms with Crippen LogP contribution in [0.15, 0.2) is 46.9 Å². The topological polar surface area (TPSA) is 15.3 Å². The van der Waals surface area contributed by atoms with Gasteiger partial charge in [0, 0.05) is 36.0 Å². The summed E-state index contributed by atoms with van der Waals surface area (Å²) in [6.45, 7) is 1.96. The molecule has 0 saturated heterocycles. The summed E-state index contributed by atoms with van der Waals surface area (Å²) < 4.78 is 1.13. The van der Waals surface area contributed by atoms with E-state index >= 15 is 0 Å². The number of halogens is 1. The highest BCUT2D eigenvalue weighted by atomic mass is 79.9.